The van der Waals surface area contributed by atoms with E-state index in [1.54, 1.807) is 48.5 Å². The van der Waals surface area contributed by atoms with Gasteiger partial charge in [0, 0.05) is 18.1 Å². The monoisotopic (exact) mass is 496 g/mol. The van der Waals surface area contributed by atoms with Crippen LogP contribution in [0.3, 0.4) is 0 Å². The Labute approximate surface area is 202 Å². The highest BCUT2D eigenvalue weighted by atomic mass is 32.2. The minimum atomic E-state index is -3.90. The maximum atomic E-state index is 12.9. The van der Waals surface area contributed by atoms with E-state index in [1.165, 1.54) is 37.6 Å². The summed E-state index contributed by atoms with van der Waals surface area (Å²) in [5.74, 6) is -0.451. The SMILES string of the molecule is COc1ccc(/C=N\NC(=O)C[C@@H](NS(=O)(=O)c2ccc(C)cc2)c2ccccc2)cc1[N+](=O)[O-]. The van der Waals surface area contributed by atoms with Crippen molar-refractivity contribution in [1.29, 1.82) is 0 Å². The molecule has 3 aromatic carbocycles. The van der Waals surface area contributed by atoms with Crippen molar-refractivity contribution in [3.05, 3.63) is 99.6 Å². The van der Waals surface area contributed by atoms with Crippen LogP contribution in [0.1, 0.15) is 29.2 Å². The van der Waals surface area contributed by atoms with Crippen LogP contribution >= 0.6 is 0 Å². The molecule has 0 fully saturated rings. The number of carbonyl (C=O) groups is 1. The van der Waals surface area contributed by atoms with E-state index in [0.717, 1.165) is 5.56 Å². The van der Waals surface area contributed by atoms with E-state index < -0.39 is 26.9 Å². The maximum Gasteiger partial charge on any atom is 0.311 e. The van der Waals surface area contributed by atoms with E-state index in [1.807, 2.05) is 6.92 Å². The zero-order valence-corrected chi connectivity index (χ0v) is 19.9. The Kier molecular flexibility index (Phi) is 8.29. The molecule has 1 amide bonds. The summed E-state index contributed by atoms with van der Waals surface area (Å²) in [4.78, 5) is 23.2. The number of methoxy groups -OCH3 is 1. The Bertz CT molecular complexity index is 1330. The van der Waals surface area contributed by atoms with E-state index in [2.05, 4.69) is 15.2 Å². The van der Waals surface area contributed by atoms with Gasteiger partial charge in [0.25, 0.3) is 0 Å². The number of hydrazone groups is 1. The summed E-state index contributed by atoms with van der Waals surface area (Å²) in [6.45, 7) is 1.85. The predicted molar refractivity (Wildman–Crippen MR) is 131 cm³/mol. The molecule has 1 atom stereocenters. The smallest absolute Gasteiger partial charge is 0.311 e. The molecule has 0 unspecified atom stereocenters. The van der Waals surface area contributed by atoms with Gasteiger partial charge in [-0.05, 0) is 36.8 Å². The molecule has 0 bridgehead atoms. The molecular weight excluding hydrogens is 472 g/mol. The number of rotatable bonds is 10. The largest absolute Gasteiger partial charge is 0.490 e. The number of amides is 1. The first-order chi connectivity index (χ1) is 16.7. The second-order valence-corrected chi connectivity index (χ2v) is 9.30. The lowest BCUT2D eigenvalue weighted by Gasteiger charge is -2.18. The van der Waals surface area contributed by atoms with Gasteiger partial charge in [-0.3, -0.25) is 14.9 Å². The molecule has 0 saturated carbocycles. The van der Waals surface area contributed by atoms with E-state index >= 15 is 0 Å². The van der Waals surface area contributed by atoms with Gasteiger partial charge in [0.2, 0.25) is 15.9 Å². The van der Waals surface area contributed by atoms with Crippen LogP contribution in [0.2, 0.25) is 0 Å². The lowest BCUT2D eigenvalue weighted by atomic mass is 10.0. The van der Waals surface area contributed by atoms with Crippen LogP contribution in [0, 0.1) is 17.0 Å². The molecule has 10 nitrogen and oxygen atoms in total. The third-order valence-electron chi connectivity index (χ3n) is 5.02. The average Bonchev–Trinajstić information content (AvgIpc) is 2.84. The van der Waals surface area contributed by atoms with Gasteiger partial charge in [-0.2, -0.15) is 5.10 Å². The number of aryl methyl sites for hydroxylation is 1. The number of nitro groups is 1. The second kappa shape index (κ2) is 11.4. The number of sulfonamides is 1. The number of hydrogen-bond acceptors (Lipinski definition) is 7. The minimum Gasteiger partial charge on any atom is -0.490 e. The van der Waals surface area contributed by atoms with Gasteiger partial charge in [-0.15, -0.1) is 0 Å². The summed E-state index contributed by atoms with van der Waals surface area (Å²) >= 11 is 0. The molecule has 35 heavy (non-hydrogen) atoms. The third-order valence-corrected chi connectivity index (χ3v) is 6.51. The molecule has 0 heterocycles. The fraction of sp³-hybridized carbons (Fsp3) is 0.167. The molecule has 0 aliphatic heterocycles. The summed E-state index contributed by atoms with van der Waals surface area (Å²) in [5, 5.41) is 15.0. The number of nitro benzene ring substituents is 1. The Morgan fingerprint density at radius 1 is 1.11 bits per heavy atom. The van der Waals surface area contributed by atoms with Crippen molar-refractivity contribution in [2.24, 2.45) is 5.10 Å². The topological polar surface area (TPSA) is 140 Å². The molecule has 0 aromatic heterocycles. The van der Waals surface area contributed by atoms with E-state index in [9.17, 15) is 23.3 Å². The van der Waals surface area contributed by atoms with E-state index in [0.29, 0.717) is 11.1 Å². The van der Waals surface area contributed by atoms with Crippen LogP contribution in [0.25, 0.3) is 0 Å². The Morgan fingerprint density at radius 3 is 2.43 bits per heavy atom. The van der Waals surface area contributed by atoms with E-state index in [4.69, 9.17) is 4.74 Å². The van der Waals surface area contributed by atoms with Crippen molar-refractivity contribution in [2.75, 3.05) is 7.11 Å². The highest BCUT2D eigenvalue weighted by Crippen LogP contribution is 2.27. The molecule has 0 spiro atoms. The van der Waals surface area contributed by atoms with Crippen LogP contribution < -0.4 is 14.9 Å². The normalized spacial score (nSPS) is 12.3. The number of nitrogens with one attached hydrogen (secondary N) is 2. The van der Waals surface area contributed by atoms with Gasteiger partial charge in [-0.1, -0.05) is 48.0 Å². The quantitative estimate of drug-likeness (QED) is 0.250. The average molecular weight is 497 g/mol. The highest BCUT2D eigenvalue weighted by molar-refractivity contribution is 7.89. The summed E-state index contributed by atoms with van der Waals surface area (Å²) in [6, 6.07) is 18.5. The van der Waals surface area contributed by atoms with E-state index in [-0.39, 0.29) is 22.8 Å². The van der Waals surface area contributed by atoms with Gasteiger partial charge in [0.1, 0.15) is 0 Å². The molecule has 3 rings (SSSR count). The first kappa shape index (κ1) is 25.5. The molecule has 0 aliphatic carbocycles. The number of hydrogen-bond donors (Lipinski definition) is 2. The van der Waals surface area contributed by atoms with Crippen LogP contribution in [0.15, 0.2) is 82.8 Å². The van der Waals surface area contributed by atoms with Crippen LogP contribution in [-0.4, -0.2) is 32.6 Å². The highest BCUT2D eigenvalue weighted by Gasteiger charge is 2.23. The number of ether oxygens (including phenoxy) is 1. The number of benzene rings is 3. The lowest BCUT2D eigenvalue weighted by molar-refractivity contribution is -0.385. The summed E-state index contributed by atoms with van der Waals surface area (Å²) in [7, 11) is -2.57. The standard InChI is InChI=1S/C24H24N4O6S/c1-17-8-11-20(12-9-17)35(32,33)27-21(19-6-4-3-5-7-19)15-24(29)26-25-16-18-10-13-23(34-2)22(14-18)28(30)31/h3-14,16,21,27H,15H2,1-2H3,(H,26,29)/b25-16-/t21-/m1/s1. The van der Waals surface area contributed by atoms with Gasteiger partial charge < -0.3 is 4.74 Å². The first-order valence-corrected chi connectivity index (χ1v) is 12.0. The van der Waals surface area contributed by atoms with Gasteiger partial charge >= 0.3 is 5.69 Å². The molecule has 182 valence electrons. The molecule has 0 aliphatic rings. The van der Waals surface area contributed by atoms with Crippen LogP contribution in [-0.2, 0) is 14.8 Å². The molecule has 0 radical (unpaired) electrons. The van der Waals surface area contributed by atoms with Gasteiger partial charge in [0.05, 0.1) is 29.2 Å². The van der Waals surface area contributed by atoms with Crippen molar-refractivity contribution in [3.63, 3.8) is 0 Å². The lowest BCUT2D eigenvalue weighted by Crippen LogP contribution is -2.32. The van der Waals surface area contributed by atoms with Crippen molar-refractivity contribution in [1.82, 2.24) is 10.1 Å². The summed E-state index contributed by atoms with van der Waals surface area (Å²) < 4.78 is 33.4. The molecule has 11 heteroatoms. The zero-order chi connectivity index (χ0) is 25.4. The first-order valence-electron chi connectivity index (χ1n) is 10.5. The van der Waals surface area contributed by atoms with Gasteiger partial charge in [0.15, 0.2) is 5.75 Å². The van der Waals surface area contributed by atoms with Crippen molar-refractivity contribution in [2.45, 2.75) is 24.3 Å². The van der Waals surface area contributed by atoms with Crippen molar-refractivity contribution >= 4 is 27.8 Å². The molecular formula is C24H24N4O6S. The van der Waals surface area contributed by atoms with Crippen molar-refractivity contribution in [3.8, 4) is 5.75 Å². The zero-order valence-electron chi connectivity index (χ0n) is 19.0. The van der Waals surface area contributed by atoms with Gasteiger partial charge in [-0.25, -0.2) is 18.6 Å². The molecule has 3 aromatic rings. The summed E-state index contributed by atoms with van der Waals surface area (Å²) in [5.41, 5.74) is 3.99. The minimum absolute atomic E-state index is 0.0866. The maximum absolute atomic E-state index is 12.9. The second-order valence-electron chi connectivity index (χ2n) is 7.58. The third kappa shape index (κ3) is 6.95. The Hall–Kier alpha value is -4.09. The Morgan fingerprint density at radius 2 is 1.80 bits per heavy atom. The predicted octanol–water partition coefficient (Wildman–Crippen LogP) is 3.47. The van der Waals surface area contributed by atoms with Crippen molar-refractivity contribution < 1.29 is 22.9 Å². The fourth-order valence-corrected chi connectivity index (χ4v) is 4.45. The number of nitrogens with zero attached hydrogens (tertiary/aromatic N) is 2. The summed E-state index contributed by atoms with van der Waals surface area (Å²) in [6.07, 6.45) is 1.02. The number of carbonyl (C=O) groups excluding carboxylic acids is 1. The molecule has 2 N–H and O–H groups in total. The van der Waals surface area contributed by atoms with Crippen LogP contribution in [0.4, 0.5) is 5.69 Å². The Balaban J connectivity index is 1.73. The fourth-order valence-electron chi connectivity index (χ4n) is 3.23. The molecule has 0 saturated heterocycles. The van der Waals surface area contributed by atoms with Crippen LogP contribution in [0.5, 0.6) is 5.75 Å².